The Labute approximate surface area is 123 Å². The fourth-order valence-electron chi connectivity index (χ4n) is 2.47. The van der Waals surface area contributed by atoms with Crippen LogP contribution in [0.1, 0.15) is 24.2 Å². The van der Waals surface area contributed by atoms with Crippen molar-refractivity contribution < 1.29 is 10.0 Å². The number of aryl methyl sites for hydroxylation is 1. The van der Waals surface area contributed by atoms with Crippen LogP contribution in [0.4, 0.5) is 0 Å². The Morgan fingerprint density at radius 3 is 2.48 bits per heavy atom. The van der Waals surface area contributed by atoms with Crippen LogP contribution in [-0.4, -0.2) is 68.2 Å². The fraction of sp³-hybridized carbons (Fsp3) is 0.615. The molecule has 116 valence electrons. The van der Waals surface area contributed by atoms with Crippen LogP contribution in [-0.2, 0) is 7.05 Å². The zero-order valence-electron chi connectivity index (χ0n) is 12.7. The van der Waals surface area contributed by atoms with Gasteiger partial charge in [-0.1, -0.05) is 5.16 Å². The SMILES string of the molecule is Cn1cc(C(=O)N2CCN(C(C)(C)C(N)=NO)CC2)cn1. The van der Waals surface area contributed by atoms with E-state index in [-0.39, 0.29) is 11.7 Å². The molecule has 3 N–H and O–H groups in total. The van der Waals surface area contributed by atoms with Crippen molar-refractivity contribution in [1.29, 1.82) is 0 Å². The summed E-state index contributed by atoms with van der Waals surface area (Å²) in [5, 5.41) is 16.0. The average molecular weight is 294 g/mol. The number of hydrogen-bond acceptors (Lipinski definition) is 5. The molecule has 0 aromatic carbocycles. The second-order valence-electron chi connectivity index (χ2n) is 5.73. The van der Waals surface area contributed by atoms with Crippen LogP contribution in [0.15, 0.2) is 17.5 Å². The summed E-state index contributed by atoms with van der Waals surface area (Å²) in [6.45, 7) is 6.37. The summed E-state index contributed by atoms with van der Waals surface area (Å²) in [5.74, 6) is 0.166. The number of carbonyl (C=O) groups excluding carboxylic acids is 1. The smallest absolute Gasteiger partial charge is 0.257 e. The lowest BCUT2D eigenvalue weighted by Gasteiger charge is -2.43. The van der Waals surface area contributed by atoms with E-state index in [0.717, 1.165) is 0 Å². The summed E-state index contributed by atoms with van der Waals surface area (Å²) in [6, 6.07) is 0. The first-order valence-electron chi connectivity index (χ1n) is 6.87. The van der Waals surface area contributed by atoms with Crippen LogP contribution in [0.3, 0.4) is 0 Å². The topological polar surface area (TPSA) is 100.0 Å². The number of aromatic nitrogens is 2. The van der Waals surface area contributed by atoms with Gasteiger partial charge < -0.3 is 15.8 Å². The standard InChI is InChI=1S/C13H22N6O2/c1-13(2,12(14)16-21)19-6-4-18(5-7-19)11(20)10-8-15-17(3)9-10/h8-9,21H,4-7H2,1-3H3,(H2,14,16). The number of nitrogens with two attached hydrogens (primary N) is 1. The largest absolute Gasteiger partial charge is 0.409 e. The number of nitrogens with zero attached hydrogens (tertiary/aromatic N) is 5. The highest BCUT2D eigenvalue weighted by Crippen LogP contribution is 2.18. The summed E-state index contributed by atoms with van der Waals surface area (Å²) in [7, 11) is 1.79. The maximum absolute atomic E-state index is 12.3. The molecule has 0 aliphatic carbocycles. The molecular formula is C13H22N6O2. The van der Waals surface area contributed by atoms with Gasteiger partial charge in [-0.15, -0.1) is 0 Å². The maximum Gasteiger partial charge on any atom is 0.257 e. The van der Waals surface area contributed by atoms with Gasteiger partial charge in [-0.3, -0.25) is 14.4 Å². The summed E-state index contributed by atoms with van der Waals surface area (Å²) < 4.78 is 1.62. The summed E-state index contributed by atoms with van der Waals surface area (Å²) in [4.78, 5) is 16.2. The summed E-state index contributed by atoms with van der Waals surface area (Å²) >= 11 is 0. The molecule has 2 heterocycles. The molecule has 0 saturated carbocycles. The van der Waals surface area contributed by atoms with Gasteiger partial charge in [0.2, 0.25) is 0 Å². The maximum atomic E-state index is 12.3. The summed E-state index contributed by atoms with van der Waals surface area (Å²) in [6.07, 6.45) is 3.30. The Morgan fingerprint density at radius 1 is 1.38 bits per heavy atom. The molecule has 1 aromatic rings. The lowest BCUT2D eigenvalue weighted by molar-refractivity contribution is 0.0531. The lowest BCUT2D eigenvalue weighted by atomic mass is 10.00. The van der Waals surface area contributed by atoms with Gasteiger partial charge in [0.05, 0.1) is 17.3 Å². The van der Waals surface area contributed by atoms with E-state index in [9.17, 15) is 4.79 Å². The third kappa shape index (κ3) is 2.99. The van der Waals surface area contributed by atoms with E-state index in [1.807, 2.05) is 13.8 Å². The van der Waals surface area contributed by atoms with E-state index in [0.29, 0.717) is 31.7 Å². The molecular weight excluding hydrogens is 272 g/mol. The third-order valence-corrected chi connectivity index (χ3v) is 4.04. The van der Waals surface area contributed by atoms with E-state index >= 15 is 0 Å². The van der Waals surface area contributed by atoms with Crippen molar-refractivity contribution in [1.82, 2.24) is 19.6 Å². The first-order valence-corrected chi connectivity index (χ1v) is 6.87. The van der Waals surface area contributed by atoms with E-state index in [1.54, 1.807) is 29.0 Å². The minimum absolute atomic E-state index is 0.00986. The zero-order valence-corrected chi connectivity index (χ0v) is 12.7. The molecule has 8 nitrogen and oxygen atoms in total. The third-order valence-electron chi connectivity index (χ3n) is 4.04. The molecule has 2 rings (SSSR count). The van der Waals surface area contributed by atoms with Crippen molar-refractivity contribution in [2.75, 3.05) is 26.2 Å². The van der Waals surface area contributed by atoms with Crippen LogP contribution in [0.5, 0.6) is 0 Å². The summed E-state index contributed by atoms with van der Waals surface area (Å²) in [5.41, 5.74) is 5.81. The van der Waals surface area contributed by atoms with Crippen LogP contribution in [0.2, 0.25) is 0 Å². The van der Waals surface area contributed by atoms with Gasteiger partial charge in [0.1, 0.15) is 0 Å². The minimum atomic E-state index is -0.530. The molecule has 0 atom stereocenters. The molecule has 1 saturated heterocycles. The first-order chi connectivity index (χ1) is 9.86. The second kappa shape index (κ2) is 5.72. The van der Waals surface area contributed by atoms with Crippen molar-refractivity contribution in [3.8, 4) is 0 Å². The predicted molar refractivity (Wildman–Crippen MR) is 78.2 cm³/mol. The van der Waals surface area contributed by atoms with Crippen LogP contribution >= 0.6 is 0 Å². The Hall–Kier alpha value is -2.09. The second-order valence-corrected chi connectivity index (χ2v) is 5.73. The number of carbonyl (C=O) groups is 1. The molecule has 1 amide bonds. The van der Waals surface area contributed by atoms with Gasteiger partial charge >= 0.3 is 0 Å². The van der Waals surface area contributed by atoms with Crippen molar-refractivity contribution >= 4 is 11.7 Å². The lowest BCUT2D eigenvalue weighted by Crippen LogP contribution is -2.60. The Kier molecular flexibility index (Phi) is 4.17. The molecule has 1 aliphatic heterocycles. The van der Waals surface area contributed by atoms with Gasteiger partial charge in [-0.25, -0.2) is 0 Å². The number of piperazine rings is 1. The van der Waals surface area contributed by atoms with Gasteiger partial charge in [-0.2, -0.15) is 5.10 Å². The van der Waals surface area contributed by atoms with Crippen molar-refractivity contribution in [2.24, 2.45) is 17.9 Å². The Morgan fingerprint density at radius 2 is 2.00 bits per heavy atom. The quantitative estimate of drug-likeness (QED) is 0.345. The van der Waals surface area contributed by atoms with E-state index < -0.39 is 5.54 Å². The molecule has 0 spiro atoms. The highest BCUT2D eigenvalue weighted by Gasteiger charge is 2.34. The van der Waals surface area contributed by atoms with Crippen molar-refractivity contribution in [2.45, 2.75) is 19.4 Å². The highest BCUT2D eigenvalue weighted by molar-refractivity contribution is 5.94. The van der Waals surface area contributed by atoms with E-state index in [4.69, 9.17) is 10.9 Å². The van der Waals surface area contributed by atoms with Gasteiger partial charge in [0, 0.05) is 39.4 Å². The zero-order chi connectivity index (χ0) is 15.6. The highest BCUT2D eigenvalue weighted by atomic mass is 16.4. The van der Waals surface area contributed by atoms with Crippen LogP contribution in [0.25, 0.3) is 0 Å². The fourth-order valence-corrected chi connectivity index (χ4v) is 2.47. The van der Waals surface area contributed by atoms with Crippen LogP contribution in [0, 0.1) is 0 Å². The van der Waals surface area contributed by atoms with E-state index in [2.05, 4.69) is 15.2 Å². The van der Waals surface area contributed by atoms with E-state index in [1.165, 1.54) is 0 Å². The molecule has 0 bridgehead atoms. The molecule has 1 fully saturated rings. The van der Waals surface area contributed by atoms with Gasteiger partial charge in [0.25, 0.3) is 5.91 Å². The van der Waals surface area contributed by atoms with Gasteiger partial charge in [0.15, 0.2) is 5.84 Å². The minimum Gasteiger partial charge on any atom is -0.409 e. The molecule has 1 aliphatic rings. The Balaban J connectivity index is 1.99. The average Bonchev–Trinajstić information content (AvgIpc) is 2.92. The molecule has 1 aromatic heterocycles. The van der Waals surface area contributed by atoms with Crippen molar-refractivity contribution in [3.05, 3.63) is 18.0 Å². The normalized spacial score (nSPS) is 18.0. The number of rotatable bonds is 3. The number of amides is 1. The molecule has 0 radical (unpaired) electrons. The van der Waals surface area contributed by atoms with Crippen molar-refractivity contribution in [3.63, 3.8) is 0 Å². The monoisotopic (exact) mass is 294 g/mol. The van der Waals surface area contributed by atoms with Crippen LogP contribution < -0.4 is 5.73 Å². The molecule has 8 heteroatoms. The first kappa shape index (κ1) is 15.3. The molecule has 0 unspecified atom stereocenters. The van der Waals surface area contributed by atoms with Gasteiger partial charge in [-0.05, 0) is 13.8 Å². The Bertz CT molecular complexity index is 543. The molecule has 21 heavy (non-hydrogen) atoms. The number of hydrogen-bond donors (Lipinski definition) is 2. The predicted octanol–water partition coefficient (Wildman–Crippen LogP) is -0.297. The number of oxime groups is 1. The number of amidine groups is 1.